The van der Waals surface area contributed by atoms with Crippen molar-refractivity contribution in [3.63, 3.8) is 0 Å². The lowest BCUT2D eigenvalue weighted by molar-refractivity contribution is -1.08. The summed E-state index contributed by atoms with van der Waals surface area (Å²) in [7, 11) is -4.46. The highest BCUT2D eigenvalue weighted by Crippen LogP contribution is 2.52. The maximum atomic E-state index is 13.0. The van der Waals surface area contributed by atoms with Crippen LogP contribution in [0.1, 0.15) is 88.0 Å². The number of nitrogens with two attached hydrogens (primary N) is 1. The van der Waals surface area contributed by atoms with Crippen molar-refractivity contribution in [2.45, 2.75) is 85.2 Å². The molecule has 0 spiro atoms. The molecule has 3 aromatic heterocycles. The van der Waals surface area contributed by atoms with Crippen molar-refractivity contribution >= 4 is 30.3 Å². The van der Waals surface area contributed by atoms with Gasteiger partial charge in [0, 0.05) is 35.5 Å². The maximum absolute atomic E-state index is 13.0. The van der Waals surface area contributed by atoms with Crippen LogP contribution < -0.4 is 5.73 Å². The number of hydroxylamine groups is 3. The van der Waals surface area contributed by atoms with Crippen LogP contribution in [0.15, 0.2) is 30.7 Å². The molecule has 0 aliphatic carbocycles. The van der Waals surface area contributed by atoms with Gasteiger partial charge >= 0.3 is 7.82 Å². The van der Waals surface area contributed by atoms with Gasteiger partial charge in [-0.15, -0.1) is 0 Å². The first-order valence-electron chi connectivity index (χ1n) is 15.0. The van der Waals surface area contributed by atoms with Crippen LogP contribution in [0.4, 0.5) is 0 Å². The standard InChI is InChI=1S/C31H43N6O5P/c1-8-31(6,7)41-43(39,40)42-37(17-27(32)38)13-11-22(12-14-37)23-9-10-26-24(15-23)28(19(2)3)29(35-26)25-16-36-30(33-18-34-36)21(5)20(25)4/h9-10,15-16,18-19,22,35H,8,11-14,17H2,1-7H3,(H2-,32,38,39,40)/p+1. The Hall–Kier alpha value is -3.08. The molecule has 232 valence electrons. The number of hydrogen-bond acceptors (Lipinski definition) is 6. The first-order chi connectivity index (χ1) is 20.1. The number of rotatable bonds is 10. The zero-order valence-electron chi connectivity index (χ0n) is 26.2. The number of aromatic amines is 1. The number of nitrogens with zero attached hydrogens (tertiary/aromatic N) is 4. The lowest BCUT2D eigenvalue weighted by atomic mass is 9.87. The second-order valence-electron chi connectivity index (χ2n) is 12.9. The molecule has 1 aliphatic heterocycles. The van der Waals surface area contributed by atoms with Crippen LogP contribution in [0.2, 0.25) is 0 Å². The summed E-state index contributed by atoms with van der Waals surface area (Å²) in [5.41, 5.74) is 13.5. The number of amides is 1. The molecule has 43 heavy (non-hydrogen) atoms. The largest absolute Gasteiger partial charge is 0.518 e. The van der Waals surface area contributed by atoms with E-state index in [1.54, 1.807) is 20.2 Å². The number of aromatic nitrogens is 4. The van der Waals surface area contributed by atoms with E-state index in [0.717, 1.165) is 33.5 Å². The first kappa shape index (κ1) is 31.3. The zero-order valence-corrected chi connectivity index (χ0v) is 27.1. The van der Waals surface area contributed by atoms with Gasteiger partial charge in [0.2, 0.25) is 0 Å². The second kappa shape index (κ2) is 11.4. The topological polar surface area (TPSA) is 145 Å². The summed E-state index contributed by atoms with van der Waals surface area (Å²) in [6.45, 7) is 14.5. The van der Waals surface area contributed by atoms with E-state index in [4.69, 9.17) is 14.9 Å². The number of piperidine rings is 1. The molecule has 11 nitrogen and oxygen atoms in total. The first-order valence-corrected chi connectivity index (χ1v) is 16.5. The number of nitrogens with one attached hydrogen (secondary N) is 1. The van der Waals surface area contributed by atoms with E-state index in [1.807, 2.05) is 17.6 Å². The fourth-order valence-corrected chi connectivity index (χ4v) is 7.73. The summed E-state index contributed by atoms with van der Waals surface area (Å²) in [6.07, 6.45) is 5.47. The summed E-state index contributed by atoms with van der Waals surface area (Å²) < 4.78 is 25.7. The number of carbonyl (C=O) groups is 1. The van der Waals surface area contributed by atoms with Gasteiger partial charge in [-0.1, -0.05) is 31.5 Å². The van der Waals surface area contributed by atoms with Gasteiger partial charge in [-0.05, 0) is 80.3 Å². The number of fused-ring (bicyclic) bond motifs is 2. The SMILES string of the molecule is CCC(C)(C)OP(=O)(O)O[N+]1(CC(N)=O)CCC(c2ccc3[nH]c(-c4cn5ncnc5c(C)c4C)c(C(C)C)c3c2)CC1. The molecule has 1 aromatic carbocycles. The van der Waals surface area contributed by atoms with Gasteiger partial charge < -0.3 is 10.7 Å². The van der Waals surface area contributed by atoms with E-state index in [0.29, 0.717) is 32.4 Å². The molecule has 1 fully saturated rings. The van der Waals surface area contributed by atoms with Crippen LogP contribution in [0.5, 0.6) is 0 Å². The lowest BCUT2D eigenvalue weighted by Gasteiger charge is -2.40. The molecule has 0 radical (unpaired) electrons. The Bertz CT molecular complexity index is 1720. The van der Waals surface area contributed by atoms with Crippen molar-refractivity contribution in [1.82, 2.24) is 19.6 Å². The predicted octanol–water partition coefficient (Wildman–Crippen LogP) is 6.03. The zero-order chi connectivity index (χ0) is 31.3. The number of quaternary nitrogens is 1. The molecule has 0 bridgehead atoms. The maximum Gasteiger partial charge on any atom is 0.518 e. The number of H-pyrrole nitrogens is 1. The van der Waals surface area contributed by atoms with Crippen LogP contribution in [-0.2, 0) is 18.5 Å². The van der Waals surface area contributed by atoms with Crippen LogP contribution >= 0.6 is 7.82 Å². The van der Waals surface area contributed by atoms with Gasteiger partial charge in [0.25, 0.3) is 5.91 Å². The minimum Gasteiger partial charge on any atom is -0.365 e. The Balaban J connectivity index is 1.45. The Morgan fingerprint density at radius 2 is 1.95 bits per heavy atom. The van der Waals surface area contributed by atoms with Crippen LogP contribution in [0, 0.1) is 13.8 Å². The molecule has 1 saturated heterocycles. The number of benzene rings is 1. The van der Waals surface area contributed by atoms with Gasteiger partial charge in [-0.25, -0.2) is 14.1 Å². The van der Waals surface area contributed by atoms with Gasteiger partial charge in [0.15, 0.2) is 12.2 Å². The van der Waals surface area contributed by atoms with Crippen molar-refractivity contribution in [1.29, 1.82) is 0 Å². The highest BCUT2D eigenvalue weighted by Gasteiger charge is 2.46. The average molecular weight is 612 g/mol. The van der Waals surface area contributed by atoms with E-state index < -0.39 is 19.3 Å². The third-order valence-electron chi connectivity index (χ3n) is 9.01. The summed E-state index contributed by atoms with van der Waals surface area (Å²) in [4.78, 5) is 30.7. The van der Waals surface area contributed by atoms with E-state index in [1.165, 1.54) is 16.5 Å². The molecule has 1 amide bonds. The fraction of sp³-hybridized carbons (Fsp3) is 0.516. The van der Waals surface area contributed by atoms with E-state index >= 15 is 0 Å². The molecular weight excluding hydrogens is 567 g/mol. The van der Waals surface area contributed by atoms with Gasteiger partial charge in [0.1, 0.15) is 19.4 Å². The molecule has 1 unspecified atom stereocenters. The second-order valence-corrected chi connectivity index (χ2v) is 14.1. The van der Waals surface area contributed by atoms with E-state index in [2.05, 4.69) is 61.0 Å². The number of phosphoric ester groups is 1. The third kappa shape index (κ3) is 6.28. The fourth-order valence-electron chi connectivity index (χ4n) is 6.29. The highest BCUT2D eigenvalue weighted by molar-refractivity contribution is 7.47. The molecule has 4 heterocycles. The molecule has 1 aliphatic rings. The quantitative estimate of drug-likeness (QED) is 0.147. The van der Waals surface area contributed by atoms with Gasteiger partial charge in [0.05, 0.1) is 11.3 Å². The summed E-state index contributed by atoms with van der Waals surface area (Å²) >= 11 is 0. The number of phosphoric acid groups is 1. The van der Waals surface area contributed by atoms with Crippen molar-refractivity contribution in [3.05, 3.63) is 53.0 Å². The Labute approximate surface area is 252 Å². The monoisotopic (exact) mass is 611 g/mol. The molecule has 4 aromatic rings. The highest BCUT2D eigenvalue weighted by atomic mass is 31.2. The van der Waals surface area contributed by atoms with Gasteiger partial charge in [-0.3, -0.25) is 14.2 Å². The van der Waals surface area contributed by atoms with Crippen molar-refractivity contribution in [3.8, 4) is 11.3 Å². The number of aryl methyl sites for hydroxylation is 1. The average Bonchev–Trinajstić information content (AvgIpc) is 3.54. The molecular formula is C31H44N6O5P+. The van der Waals surface area contributed by atoms with Crippen molar-refractivity contribution in [2.75, 3.05) is 19.6 Å². The number of hydrogen-bond donors (Lipinski definition) is 3. The van der Waals surface area contributed by atoms with Crippen molar-refractivity contribution < 1.29 is 28.0 Å². The number of likely N-dealkylation sites (tertiary alicyclic amines) is 1. The van der Waals surface area contributed by atoms with Crippen LogP contribution in [-0.4, -0.2) is 60.3 Å². The normalized spacial score (nSPS) is 21.1. The van der Waals surface area contributed by atoms with Crippen LogP contribution in [0.3, 0.4) is 0 Å². The summed E-state index contributed by atoms with van der Waals surface area (Å²) in [6, 6.07) is 6.55. The number of pyridine rings is 1. The smallest absolute Gasteiger partial charge is 0.365 e. The van der Waals surface area contributed by atoms with E-state index in [-0.39, 0.29) is 23.0 Å². The molecule has 1 atom stereocenters. The molecule has 5 rings (SSSR count). The van der Waals surface area contributed by atoms with Crippen LogP contribution in [0.25, 0.3) is 27.8 Å². The predicted molar refractivity (Wildman–Crippen MR) is 166 cm³/mol. The Morgan fingerprint density at radius 1 is 1.26 bits per heavy atom. The Morgan fingerprint density at radius 3 is 2.58 bits per heavy atom. The number of carbonyl (C=O) groups excluding carboxylic acids is 1. The van der Waals surface area contributed by atoms with Crippen molar-refractivity contribution in [2.24, 2.45) is 5.73 Å². The molecule has 12 heteroatoms. The lowest BCUT2D eigenvalue weighted by Crippen LogP contribution is -2.55. The minimum atomic E-state index is -4.46. The molecule has 4 N–H and O–H groups in total. The summed E-state index contributed by atoms with van der Waals surface area (Å²) in [5.74, 6) is -0.145. The van der Waals surface area contributed by atoms with E-state index in [9.17, 15) is 14.3 Å². The molecule has 0 saturated carbocycles. The van der Waals surface area contributed by atoms with Gasteiger partial charge in [-0.2, -0.15) is 9.75 Å². The third-order valence-corrected chi connectivity index (χ3v) is 10.3. The minimum absolute atomic E-state index is 0.187. The number of primary amides is 1. The Kier molecular flexibility index (Phi) is 8.35. The summed E-state index contributed by atoms with van der Waals surface area (Å²) in [5, 5.41) is 5.57.